The molecule has 0 bridgehead atoms. The van der Waals surface area contributed by atoms with Gasteiger partial charge in [-0.25, -0.2) is 8.42 Å². The summed E-state index contributed by atoms with van der Waals surface area (Å²) in [6, 6.07) is 7.60. The van der Waals surface area contributed by atoms with E-state index in [1.54, 1.807) is 6.07 Å². The van der Waals surface area contributed by atoms with Crippen LogP contribution in [0.4, 0.5) is 11.5 Å². The van der Waals surface area contributed by atoms with Crippen LogP contribution in [-0.4, -0.2) is 45.8 Å². The fourth-order valence-electron chi connectivity index (χ4n) is 3.28. The lowest BCUT2D eigenvalue weighted by atomic mass is 10.1. The van der Waals surface area contributed by atoms with Gasteiger partial charge in [0.05, 0.1) is 6.26 Å². The van der Waals surface area contributed by atoms with E-state index in [1.807, 2.05) is 39.0 Å². The molecule has 2 heterocycles. The third-order valence-corrected chi connectivity index (χ3v) is 4.98. The molecule has 0 unspecified atom stereocenters. The second-order valence-corrected chi connectivity index (χ2v) is 8.71. The number of hydrogen-bond donors (Lipinski definition) is 2. The van der Waals surface area contributed by atoms with Crippen LogP contribution in [0.5, 0.6) is 11.6 Å². The number of ether oxygens (including phenoxy) is 1. The quantitative estimate of drug-likeness (QED) is 0.816. The summed E-state index contributed by atoms with van der Waals surface area (Å²) in [5, 5.41) is 3.31. The molecule has 1 aliphatic rings. The molecule has 0 spiro atoms. The number of pyridine rings is 1. The van der Waals surface area contributed by atoms with E-state index in [4.69, 9.17) is 4.74 Å². The first-order valence-corrected chi connectivity index (χ1v) is 10.8. The lowest BCUT2D eigenvalue weighted by Crippen LogP contribution is -2.43. The van der Waals surface area contributed by atoms with Crippen LogP contribution >= 0.6 is 0 Å². The molecule has 0 atom stereocenters. The molecule has 1 aromatic carbocycles. The van der Waals surface area contributed by atoms with E-state index in [0.29, 0.717) is 11.4 Å². The number of piperazine rings is 1. The van der Waals surface area contributed by atoms with Crippen molar-refractivity contribution in [1.29, 1.82) is 0 Å². The number of nitrogens with one attached hydrogen (secondary N) is 2. The maximum absolute atomic E-state index is 11.8. The molecule has 2 N–H and O–H groups in total. The van der Waals surface area contributed by atoms with Crippen LogP contribution in [0.25, 0.3) is 0 Å². The summed E-state index contributed by atoms with van der Waals surface area (Å²) in [7, 11) is -3.45. The Kier molecular flexibility index (Phi) is 5.57. The number of nitrogens with zero attached hydrogens (tertiary/aromatic N) is 2. The average molecular weight is 391 g/mol. The molecule has 2 aromatic rings. The fourth-order valence-corrected chi connectivity index (χ4v) is 3.84. The highest BCUT2D eigenvalue weighted by molar-refractivity contribution is 7.92. The van der Waals surface area contributed by atoms with Gasteiger partial charge < -0.3 is 15.0 Å². The van der Waals surface area contributed by atoms with Crippen LogP contribution < -0.4 is 19.7 Å². The van der Waals surface area contributed by atoms with Gasteiger partial charge in [0.1, 0.15) is 17.3 Å². The summed E-state index contributed by atoms with van der Waals surface area (Å²) < 4.78 is 32.1. The Labute approximate surface area is 160 Å². The number of anilines is 2. The van der Waals surface area contributed by atoms with Crippen LogP contribution in [-0.2, 0) is 10.0 Å². The van der Waals surface area contributed by atoms with Crippen molar-refractivity contribution in [3.8, 4) is 11.6 Å². The second kappa shape index (κ2) is 7.74. The highest BCUT2D eigenvalue weighted by Crippen LogP contribution is 2.34. The first kappa shape index (κ1) is 19.4. The van der Waals surface area contributed by atoms with Crippen molar-refractivity contribution in [3.05, 3.63) is 41.0 Å². The van der Waals surface area contributed by atoms with Crippen LogP contribution in [0.2, 0.25) is 0 Å². The Morgan fingerprint density at radius 2 is 1.74 bits per heavy atom. The zero-order valence-corrected chi connectivity index (χ0v) is 17.0. The summed E-state index contributed by atoms with van der Waals surface area (Å²) in [4.78, 5) is 6.78. The van der Waals surface area contributed by atoms with Crippen LogP contribution in [0, 0.1) is 20.8 Å². The Hall–Kier alpha value is -2.32. The predicted molar refractivity (Wildman–Crippen MR) is 109 cm³/mol. The van der Waals surface area contributed by atoms with Crippen molar-refractivity contribution in [2.24, 2.45) is 0 Å². The molecular weight excluding hydrogens is 364 g/mol. The van der Waals surface area contributed by atoms with E-state index in [9.17, 15) is 8.42 Å². The van der Waals surface area contributed by atoms with Gasteiger partial charge in [0.2, 0.25) is 15.9 Å². The van der Waals surface area contributed by atoms with Crippen molar-refractivity contribution in [1.82, 2.24) is 10.3 Å². The summed E-state index contributed by atoms with van der Waals surface area (Å²) in [5.74, 6) is 1.72. The minimum absolute atomic E-state index is 0.256. The molecule has 1 aliphatic heterocycles. The van der Waals surface area contributed by atoms with Gasteiger partial charge in [-0.1, -0.05) is 17.7 Å². The van der Waals surface area contributed by atoms with Crippen molar-refractivity contribution in [3.63, 3.8) is 0 Å². The van der Waals surface area contributed by atoms with E-state index in [1.165, 1.54) is 0 Å². The average Bonchev–Trinajstić information content (AvgIpc) is 2.58. The number of sulfonamides is 1. The third-order valence-electron chi connectivity index (χ3n) is 4.39. The highest BCUT2D eigenvalue weighted by Gasteiger charge is 2.18. The minimum atomic E-state index is -3.45. The number of aromatic nitrogens is 1. The van der Waals surface area contributed by atoms with Gasteiger partial charge in [-0.15, -0.1) is 0 Å². The zero-order chi connectivity index (χ0) is 19.6. The van der Waals surface area contributed by atoms with E-state index in [-0.39, 0.29) is 5.88 Å². The molecule has 8 heteroatoms. The third kappa shape index (κ3) is 4.90. The topological polar surface area (TPSA) is 83.6 Å². The van der Waals surface area contributed by atoms with Crippen LogP contribution in [0.3, 0.4) is 0 Å². The summed E-state index contributed by atoms with van der Waals surface area (Å²) in [6.07, 6.45) is 1.11. The monoisotopic (exact) mass is 390 g/mol. The zero-order valence-electron chi connectivity index (χ0n) is 16.2. The Morgan fingerprint density at radius 3 is 2.33 bits per heavy atom. The molecule has 0 amide bonds. The van der Waals surface area contributed by atoms with Crippen LogP contribution in [0.1, 0.15) is 16.7 Å². The van der Waals surface area contributed by atoms with Gasteiger partial charge in [-0.2, -0.15) is 4.98 Å². The standard InChI is InChI=1S/C19H26N4O3S/c1-13-11-14(2)18(15(3)12-13)26-19-16(22-27(4,24)25)5-6-17(21-19)23-9-7-20-8-10-23/h5-6,11-12,20,22H,7-10H2,1-4H3. The summed E-state index contributed by atoms with van der Waals surface area (Å²) in [6.45, 7) is 9.43. The Bertz CT molecular complexity index is 915. The lowest BCUT2D eigenvalue weighted by Gasteiger charge is -2.29. The second-order valence-electron chi connectivity index (χ2n) is 6.96. The Balaban J connectivity index is 2.01. The molecule has 0 saturated carbocycles. The molecule has 0 aliphatic carbocycles. The number of hydrogen-bond acceptors (Lipinski definition) is 6. The van der Waals surface area contributed by atoms with Crippen molar-refractivity contribution in [2.45, 2.75) is 20.8 Å². The van der Waals surface area contributed by atoms with Gasteiger partial charge in [0, 0.05) is 26.2 Å². The maximum atomic E-state index is 11.8. The molecule has 7 nitrogen and oxygen atoms in total. The highest BCUT2D eigenvalue weighted by atomic mass is 32.2. The molecule has 1 fully saturated rings. The number of aryl methyl sites for hydroxylation is 3. The van der Waals surface area contributed by atoms with E-state index in [0.717, 1.165) is 54.9 Å². The van der Waals surface area contributed by atoms with Gasteiger partial charge in [0.15, 0.2) is 0 Å². The minimum Gasteiger partial charge on any atom is -0.436 e. The van der Waals surface area contributed by atoms with Crippen molar-refractivity contribution >= 4 is 21.5 Å². The normalized spacial score (nSPS) is 14.9. The summed E-state index contributed by atoms with van der Waals surface area (Å²) in [5.41, 5.74) is 3.43. The lowest BCUT2D eigenvalue weighted by molar-refractivity contribution is 0.457. The molecular formula is C19H26N4O3S. The van der Waals surface area contributed by atoms with Gasteiger partial charge >= 0.3 is 0 Å². The number of benzene rings is 1. The molecule has 27 heavy (non-hydrogen) atoms. The van der Waals surface area contributed by atoms with E-state index < -0.39 is 10.0 Å². The Morgan fingerprint density at radius 1 is 1.11 bits per heavy atom. The maximum Gasteiger partial charge on any atom is 0.245 e. The van der Waals surface area contributed by atoms with Crippen molar-refractivity contribution in [2.75, 3.05) is 42.1 Å². The van der Waals surface area contributed by atoms with E-state index in [2.05, 4.69) is 19.9 Å². The first-order valence-electron chi connectivity index (χ1n) is 8.93. The molecule has 1 saturated heterocycles. The van der Waals surface area contributed by atoms with Gasteiger partial charge in [-0.3, -0.25) is 4.72 Å². The van der Waals surface area contributed by atoms with Gasteiger partial charge in [-0.05, 0) is 44.0 Å². The predicted octanol–water partition coefficient (Wildman–Crippen LogP) is 2.58. The first-order chi connectivity index (χ1) is 12.7. The van der Waals surface area contributed by atoms with E-state index >= 15 is 0 Å². The largest absolute Gasteiger partial charge is 0.436 e. The molecule has 1 aromatic heterocycles. The van der Waals surface area contributed by atoms with Crippen molar-refractivity contribution < 1.29 is 13.2 Å². The smallest absolute Gasteiger partial charge is 0.245 e. The van der Waals surface area contributed by atoms with Gasteiger partial charge in [0.25, 0.3) is 0 Å². The van der Waals surface area contributed by atoms with Crippen LogP contribution in [0.15, 0.2) is 24.3 Å². The molecule has 3 rings (SSSR count). The summed E-state index contributed by atoms with van der Waals surface area (Å²) >= 11 is 0. The number of rotatable bonds is 5. The fraction of sp³-hybridized carbons (Fsp3) is 0.421. The molecule has 0 radical (unpaired) electrons. The SMILES string of the molecule is Cc1cc(C)c(Oc2nc(N3CCNCC3)ccc2NS(C)(=O)=O)c(C)c1. The molecule has 146 valence electrons.